The number of carbonyl (C=O) groups excluding carboxylic acids is 1. The summed E-state index contributed by atoms with van der Waals surface area (Å²) in [5.41, 5.74) is 0.342. The first kappa shape index (κ1) is 24.1. The topological polar surface area (TPSA) is 181 Å². The third-order valence-electron chi connectivity index (χ3n) is 4.83. The Kier molecular flexibility index (Phi) is 5.24. The molecule has 2 aliphatic rings. The van der Waals surface area contributed by atoms with Crippen molar-refractivity contribution in [2.75, 3.05) is 25.0 Å². The summed E-state index contributed by atoms with van der Waals surface area (Å²) < 4.78 is 110. The average Bonchev–Trinajstić information content (AvgIpc) is 3.13. The number of hydrogen-bond donors (Lipinski definition) is 0. The first-order chi connectivity index (χ1) is 13.8. The van der Waals surface area contributed by atoms with E-state index in [1.165, 1.54) is 18.2 Å². The van der Waals surface area contributed by atoms with Gasteiger partial charge in [-0.2, -0.15) is 0 Å². The highest BCUT2D eigenvalue weighted by molar-refractivity contribution is 8.16. The van der Waals surface area contributed by atoms with E-state index in [1.54, 1.807) is 0 Å². The van der Waals surface area contributed by atoms with Crippen molar-refractivity contribution in [2.24, 2.45) is 0 Å². The molecule has 0 radical (unpaired) electrons. The molecule has 1 aromatic rings. The highest BCUT2D eigenvalue weighted by Gasteiger charge is 2.83. The number of rotatable bonds is 5. The molecule has 0 atom stereocenters. The van der Waals surface area contributed by atoms with Crippen LogP contribution in [0.15, 0.2) is 18.2 Å². The van der Waals surface area contributed by atoms with Crippen molar-refractivity contribution in [3.05, 3.63) is 29.3 Å². The van der Waals surface area contributed by atoms with E-state index < -0.39 is 61.0 Å². The smallest absolute Gasteiger partial charge is 0.457 e. The summed E-state index contributed by atoms with van der Waals surface area (Å²) in [6.07, 6.45) is 1.33. The molecule has 2 aliphatic heterocycles. The number of fused-ring (bicyclic) bond motifs is 1. The fourth-order valence-electron chi connectivity index (χ4n) is 3.69. The SMILES string of the molecule is CS(=O)(=O)C1(S(C)(=O)=O)OB(c2ccc3c(c2)COC3=O)OC1(S(C)(=O)=O)S(C)(=O)=O. The van der Waals surface area contributed by atoms with E-state index in [2.05, 4.69) is 0 Å². The van der Waals surface area contributed by atoms with E-state index in [-0.39, 0.29) is 17.6 Å². The first-order valence-electron chi connectivity index (χ1n) is 8.24. The van der Waals surface area contributed by atoms with E-state index >= 15 is 0 Å². The van der Waals surface area contributed by atoms with Gasteiger partial charge in [-0.25, -0.2) is 38.5 Å². The zero-order chi connectivity index (χ0) is 23.8. The predicted octanol–water partition coefficient (Wildman–Crippen LogP) is -2.41. The molecule has 0 unspecified atom stereocenters. The molecule has 1 fully saturated rings. The number of sulfone groups is 4. The summed E-state index contributed by atoms with van der Waals surface area (Å²) >= 11 is 0. The molecule has 0 spiro atoms. The maximum Gasteiger partial charge on any atom is 0.497 e. The van der Waals surface area contributed by atoms with Gasteiger partial charge in [-0.1, -0.05) is 12.1 Å². The van der Waals surface area contributed by atoms with Gasteiger partial charge in [0.2, 0.25) is 0 Å². The molecule has 2 heterocycles. The molecule has 17 heteroatoms. The van der Waals surface area contributed by atoms with E-state index in [1.807, 2.05) is 0 Å². The monoisotopic (exact) mass is 516 g/mol. The van der Waals surface area contributed by atoms with E-state index in [9.17, 15) is 38.5 Å². The quantitative estimate of drug-likeness (QED) is 0.299. The van der Waals surface area contributed by atoms with E-state index in [0.29, 0.717) is 30.6 Å². The second-order valence-corrected chi connectivity index (χ2v) is 16.3. The van der Waals surface area contributed by atoms with Gasteiger partial charge in [-0.05, 0) is 11.5 Å². The number of cyclic esters (lactones) is 1. The second kappa shape index (κ2) is 6.74. The molecular weight excluding hydrogens is 499 g/mol. The van der Waals surface area contributed by atoms with Crippen LogP contribution >= 0.6 is 0 Å². The maximum atomic E-state index is 12.7. The minimum Gasteiger partial charge on any atom is -0.457 e. The summed E-state index contributed by atoms with van der Waals surface area (Å²) in [4.78, 5) is 11.6. The van der Waals surface area contributed by atoms with Gasteiger partial charge in [0, 0.05) is 30.6 Å². The van der Waals surface area contributed by atoms with Crippen molar-refractivity contribution in [2.45, 2.75) is 15.1 Å². The van der Waals surface area contributed by atoms with Gasteiger partial charge in [0.15, 0.2) is 39.3 Å². The Morgan fingerprint density at radius 2 is 1.19 bits per heavy atom. The van der Waals surface area contributed by atoms with Crippen molar-refractivity contribution in [1.82, 2.24) is 0 Å². The Morgan fingerprint density at radius 3 is 1.58 bits per heavy atom. The normalized spacial score (nSPS) is 21.0. The Labute approximate surface area is 179 Å². The summed E-state index contributed by atoms with van der Waals surface area (Å²) in [5.74, 6) is -0.641. The Morgan fingerprint density at radius 1 is 0.774 bits per heavy atom. The van der Waals surface area contributed by atoms with Crippen molar-refractivity contribution >= 4 is 57.9 Å². The molecule has 0 N–H and O–H groups in total. The number of carbonyl (C=O) groups is 1. The first-order valence-corrected chi connectivity index (χ1v) is 15.8. The van der Waals surface area contributed by atoms with Gasteiger partial charge in [0.25, 0.3) is 0 Å². The highest BCUT2D eigenvalue weighted by atomic mass is 32.3. The number of ether oxygens (including phenoxy) is 1. The molecule has 0 aliphatic carbocycles. The molecule has 0 saturated carbocycles. The molecule has 0 amide bonds. The molecule has 3 rings (SSSR count). The van der Waals surface area contributed by atoms with Crippen molar-refractivity contribution in [3.8, 4) is 0 Å². The lowest BCUT2D eigenvalue weighted by molar-refractivity contribution is 0.0535. The number of benzene rings is 1. The highest BCUT2D eigenvalue weighted by Crippen LogP contribution is 2.51. The Bertz CT molecular complexity index is 1270. The average molecular weight is 516 g/mol. The largest absolute Gasteiger partial charge is 0.497 e. The van der Waals surface area contributed by atoms with Crippen LogP contribution < -0.4 is 5.46 Å². The lowest BCUT2D eigenvalue weighted by Gasteiger charge is -2.37. The third-order valence-corrected chi connectivity index (χ3v) is 14.4. The molecule has 1 aromatic carbocycles. The Balaban J connectivity index is 2.41. The standard InChI is InChI=1S/C14H17BO12S4/c1-28(17,18)13(29(2,19)20)14(30(3,21)22,31(4,23)24)27-15(26-13)10-5-6-11-9(7-10)8-25-12(11)16/h5-7H,8H2,1-4H3. The van der Waals surface area contributed by atoms with Gasteiger partial charge in [-0.3, -0.25) is 0 Å². The molecule has 31 heavy (non-hydrogen) atoms. The fourth-order valence-corrected chi connectivity index (χ4v) is 14.8. The van der Waals surface area contributed by atoms with Gasteiger partial charge in [0.05, 0.1) is 5.56 Å². The minimum atomic E-state index is -5.13. The van der Waals surface area contributed by atoms with Crippen LogP contribution in [0.25, 0.3) is 0 Å². The van der Waals surface area contributed by atoms with Crippen LogP contribution in [-0.4, -0.2) is 80.3 Å². The van der Waals surface area contributed by atoms with Crippen LogP contribution in [0.5, 0.6) is 0 Å². The maximum absolute atomic E-state index is 12.7. The van der Waals surface area contributed by atoms with E-state index in [0.717, 1.165) is 0 Å². The fraction of sp³-hybridized carbons (Fsp3) is 0.500. The summed E-state index contributed by atoms with van der Waals surface area (Å²) in [5, 5.41) is 0. The molecule has 12 nitrogen and oxygen atoms in total. The lowest BCUT2D eigenvalue weighted by Crippen LogP contribution is -2.67. The molecule has 0 aromatic heterocycles. The minimum absolute atomic E-state index is 0.122. The molecular formula is C14H17BO12S4. The van der Waals surface area contributed by atoms with Gasteiger partial charge < -0.3 is 14.0 Å². The zero-order valence-corrected chi connectivity index (χ0v) is 19.8. The Hall–Kier alpha value is -1.53. The van der Waals surface area contributed by atoms with Crippen LogP contribution in [0.2, 0.25) is 0 Å². The zero-order valence-electron chi connectivity index (χ0n) is 16.5. The van der Waals surface area contributed by atoms with E-state index in [4.69, 9.17) is 14.0 Å². The summed E-state index contributed by atoms with van der Waals surface area (Å²) in [6.45, 7) is -0.165. The number of esters is 1. The summed E-state index contributed by atoms with van der Waals surface area (Å²) in [7, 11) is -22.6. The lowest BCUT2D eigenvalue weighted by atomic mass is 9.78. The van der Waals surface area contributed by atoms with Crippen LogP contribution in [-0.2, 0) is 60.0 Å². The van der Waals surface area contributed by atoms with Gasteiger partial charge in [-0.15, -0.1) is 0 Å². The molecule has 1 saturated heterocycles. The van der Waals surface area contributed by atoms with Gasteiger partial charge in [0.1, 0.15) is 6.61 Å². The van der Waals surface area contributed by atoms with Crippen LogP contribution in [0.3, 0.4) is 0 Å². The second-order valence-electron chi connectivity index (χ2n) is 7.26. The predicted molar refractivity (Wildman–Crippen MR) is 108 cm³/mol. The van der Waals surface area contributed by atoms with Crippen LogP contribution in [0.1, 0.15) is 15.9 Å². The third kappa shape index (κ3) is 3.16. The van der Waals surface area contributed by atoms with Crippen molar-refractivity contribution in [3.63, 3.8) is 0 Å². The summed E-state index contributed by atoms with van der Waals surface area (Å²) in [6, 6.07) is 3.66. The van der Waals surface area contributed by atoms with Crippen LogP contribution in [0.4, 0.5) is 0 Å². The van der Waals surface area contributed by atoms with Crippen molar-refractivity contribution in [1.29, 1.82) is 0 Å². The van der Waals surface area contributed by atoms with Gasteiger partial charge >= 0.3 is 21.6 Å². The molecule has 172 valence electrons. The number of hydrogen-bond acceptors (Lipinski definition) is 12. The van der Waals surface area contributed by atoms with Crippen molar-refractivity contribution < 1.29 is 52.5 Å². The molecule has 0 bridgehead atoms. The van der Waals surface area contributed by atoms with Crippen LogP contribution in [0, 0.1) is 0 Å².